The van der Waals surface area contributed by atoms with Gasteiger partial charge >= 0.3 is 12.0 Å². The van der Waals surface area contributed by atoms with Crippen LogP contribution in [0.3, 0.4) is 0 Å². The Morgan fingerprint density at radius 2 is 2.13 bits per heavy atom. The molecular weight excluding hydrogens is 371 g/mol. The summed E-state index contributed by atoms with van der Waals surface area (Å²) in [5.74, 6) is -1.77. The van der Waals surface area contributed by atoms with Gasteiger partial charge in [-0.1, -0.05) is 28.9 Å². The van der Waals surface area contributed by atoms with Crippen LogP contribution in [0.15, 0.2) is 22.7 Å². The van der Waals surface area contributed by atoms with Gasteiger partial charge in [-0.05, 0) is 25.5 Å². The lowest BCUT2D eigenvalue weighted by atomic mass is 9.99. The van der Waals surface area contributed by atoms with E-state index < -0.39 is 35.8 Å². The normalized spacial score (nSPS) is 20.6. The van der Waals surface area contributed by atoms with Gasteiger partial charge in [-0.15, -0.1) is 0 Å². The van der Waals surface area contributed by atoms with E-state index in [2.05, 4.69) is 21.2 Å². The van der Waals surface area contributed by atoms with E-state index in [0.29, 0.717) is 10.9 Å². The van der Waals surface area contributed by atoms with Crippen molar-refractivity contribution in [1.29, 1.82) is 0 Å². The van der Waals surface area contributed by atoms with Gasteiger partial charge < -0.3 is 10.1 Å². The third-order valence-corrected chi connectivity index (χ3v) is 4.24. The number of rotatable bonds is 5. The lowest BCUT2D eigenvalue weighted by molar-refractivity contribution is -0.148. The number of amides is 3. The second kappa shape index (κ2) is 6.66. The Hall–Kier alpha value is -1.96. The summed E-state index contributed by atoms with van der Waals surface area (Å²) >= 11 is 3.13. The molecule has 1 fully saturated rings. The number of carbonyl (C=O) groups is 3. The molecule has 1 aromatic rings. The quantitative estimate of drug-likeness (QED) is 0.622. The first-order chi connectivity index (χ1) is 10.8. The summed E-state index contributed by atoms with van der Waals surface area (Å²) < 4.78 is 19.1. The van der Waals surface area contributed by atoms with E-state index in [4.69, 9.17) is 4.74 Å². The number of esters is 1. The average molecular weight is 387 g/mol. The van der Waals surface area contributed by atoms with E-state index >= 15 is 0 Å². The molecule has 1 heterocycles. The summed E-state index contributed by atoms with van der Waals surface area (Å²) in [7, 11) is 0. The molecular formula is C15H16BrFN2O4. The van der Waals surface area contributed by atoms with Crippen molar-refractivity contribution in [2.45, 2.75) is 32.4 Å². The van der Waals surface area contributed by atoms with Crippen molar-refractivity contribution in [2.75, 3.05) is 6.54 Å². The molecule has 6 nitrogen and oxygen atoms in total. The Morgan fingerprint density at radius 1 is 1.43 bits per heavy atom. The highest BCUT2D eigenvalue weighted by Gasteiger charge is 2.47. The molecule has 3 amide bonds. The highest BCUT2D eigenvalue weighted by atomic mass is 79.9. The predicted octanol–water partition coefficient (Wildman–Crippen LogP) is 2.35. The Bertz CT molecular complexity index is 667. The zero-order chi connectivity index (χ0) is 17.2. The number of hydrogen-bond donors (Lipinski definition) is 1. The van der Waals surface area contributed by atoms with E-state index in [0.717, 1.165) is 4.90 Å². The molecule has 0 unspecified atom stereocenters. The molecule has 2 rings (SSSR count). The fraction of sp³-hybridized carbons (Fsp3) is 0.400. The van der Waals surface area contributed by atoms with Gasteiger partial charge in [0.1, 0.15) is 24.5 Å². The molecule has 1 saturated heterocycles. The van der Waals surface area contributed by atoms with Gasteiger partial charge in [-0.25, -0.2) is 9.18 Å². The van der Waals surface area contributed by atoms with Crippen molar-refractivity contribution < 1.29 is 23.5 Å². The summed E-state index contributed by atoms with van der Waals surface area (Å²) in [6.07, 6.45) is 0.410. The maximum Gasteiger partial charge on any atom is 0.326 e. The van der Waals surface area contributed by atoms with Crippen molar-refractivity contribution >= 4 is 33.8 Å². The SMILES string of the molecule is CC[C@@]1(C)NC(=O)N(CC(=O)OCc2ccc(Br)cc2F)C1=O. The zero-order valence-corrected chi connectivity index (χ0v) is 14.3. The zero-order valence-electron chi connectivity index (χ0n) is 12.7. The van der Waals surface area contributed by atoms with Crippen LogP contribution in [0, 0.1) is 5.82 Å². The lowest BCUT2D eigenvalue weighted by Gasteiger charge is -2.18. The fourth-order valence-electron chi connectivity index (χ4n) is 2.10. The van der Waals surface area contributed by atoms with E-state index in [1.165, 1.54) is 12.1 Å². The van der Waals surface area contributed by atoms with Crippen molar-refractivity contribution in [2.24, 2.45) is 0 Å². The maximum atomic E-state index is 13.6. The van der Waals surface area contributed by atoms with Gasteiger partial charge in [0.2, 0.25) is 0 Å². The molecule has 0 bridgehead atoms. The Morgan fingerprint density at radius 3 is 2.70 bits per heavy atom. The maximum absolute atomic E-state index is 13.6. The first-order valence-corrected chi connectivity index (χ1v) is 7.80. The first kappa shape index (κ1) is 17.4. The number of halogens is 2. The number of nitrogens with one attached hydrogen (secondary N) is 1. The molecule has 124 valence electrons. The summed E-state index contributed by atoms with van der Waals surface area (Å²) in [6, 6.07) is 3.73. The molecule has 0 aliphatic carbocycles. The number of carbonyl (C=O) groups excluding carboxylic acids is 3. The van der Waals surface area contributed by atoms with Crippen LogP contribution in [0.1, 0.15) is 25.8 Å². The van der Waals surface area contributed by atoms with E-state index in [9.17, 15) is 18.8 Å². The van der Waals surface area contributed by atoms with Crippen molar-refractivity contribution in [1.82, 2.24) is 10.2 Å². The third-order valence-electron chi connectivity index (χ3n) is 3.74. The largest absolute Gasteiger partial charge is 0.459 e. The van der Waals surface area contributed by atoms with Crippen LogP contribution >= 0.6 is 15.9 Å². The molecule has 0 spiro atoms. The minimum Gasteiger partial charge on any atom is -0.459 e. The first-order valence-electron chi connectivity index (χ1n) is 7.00. The molecule has 1 aliphatic heterocycles. The van der Waals surface area contributed by atoms with Crippen LogP contribution in [0.2, 0.25) is 0 Å². The van der Waals surface area contributed by atoms with Gasteiger partial charge in [0.25, 0.3) is 5.91 Å². The highest BCUT2D eigenvalue weighted by Crippen LogP contribution is 2.21. The van der Waals surface area contributed by atoms with Crippen molar-refractivity contribution in [3.8, 4) is 0 Å². The summed E-state index contributed by atoms with van der Waals surface area (Å²) in [4.78, 5) is 36.5. The molecule has 8 heteroatoms. The number of urea groups is 1. The van der Waals surface area contributed by atoms with Crippen LogP contribution in [0.5, 0.6) is 0 Å². The van der Waals surface area contributed by atoms with Gasteiger partial charge in [0, 0.05) is 10.0 Å². The van der Waals surface area contributed by atoms with Crippen LogP contribution in [0.25, 0.3) is 0 Å². The van der Waals surface area contributed by atoms with Crippen LogP contribution in [-0.4, -0.2) is 34.9 Å². The Balaban J connectivity index is 1.95. The summed E-state index contributed by atoms with van der Waals surface area (Å²) in [6.45, 7) is 2.58. The van der Waals surface area contributed by atoms with Crippen LogP contribution < -0.4 is 5.32 Å². The molecule has 0 aromatic heterocycles. The molecule has 1 aliphatic rings. The van der Waals surface area contributed by atoms with Gasteiger partial charge in [0.15, 0.2) is 0 Å². The fourth-order valence-corrected chi connectivity index (χ4v) is 2.44. The minimum absolute atomic E-state index is 0.206. The molecule has 0 saturated carbocycles. The number of hydrogen-bond acceptors (Lipinski definition) is 4. The third kappa shape index (κ3) is 3.69. The lowest BCUT2D eigenvalue weighted by Crippen LogP contribution is -2.43. The second-order valence-electron chi connectivity index (χ2n) is 5.40. The topological polar surface area (TPSA) is 75.7 Å². The summed E-state index contributed by atoms with van der Waals surface area (Å²) in [5.41, 5.74) is -0.799. The van der Waals surface area contributed by atoms with E-state index in [1.54, 1.807) is 19.9 Å². The number of benzene rings is 1. The average Bonchev–Trinajstić information content (AvgIpc) is 2.70. The smallest absolute Gasteiger partial charge is 0.326 e. The minimum atomic E-state index is -1.00. The van der Waals surface area contributed by atoms with Gasteiger partial charge in [0.05, 0.1) is 0 Å². The van der Waals surface area contributed by atoms with Gasteiger partial charge in [-0.3, -0.25) is 14.5 Å². The Kier molecular flexibility index (Phi) is 5.03. The second-order valence-corrected chi connectivity index (χ2v) is 6.32. The van der Waals surface area contributed by atoms with Crippen LogP contribution in [0.4, 0.5) is 9.18 Å². The number of imide groups is 1. The predicted molar refractivity (Wildman–Crippen MR) is 82.8 cm³/mol. The molecule has 1 atom stereocenters. The molecule has 23 heavy (non-hydrogen) atoms. The van der Waals surface area contributed by atoms with Crippen molar-refractivity contribution in [3.05, 3.63) is 34.1 Å². The standard InChI is InChI=1S/C15H16BrFN2O4/c1-3-15(2)13(21)19(14(22)18-15)7-12(20)23-8-9-4-5-10(16)6-11(9)17/h4-6H,3,7-8H2,1-2H3,(H,18,22)/t15-/m1/s1. The molecule has 1 N–H and O–H groups in total. The van der Waals surface area contributed by atoms with Crippen molar-refractivity contribution in [3.63, 3.8) is 0 Å². The number of nitrogens with zero attached hydrogens (tertiary/aromatic N) is 1. The van der Waals surface area contributed by atoms with Crippen LogP contribution in [-0.2, 0) is 20.9 Å². The van der Waals surface area contributed by atoms with E-state index in [1.807, 2.05) is 0 Å². The molecule has 0 radical (unpaired) electrons. The van der Waals surface area contributed by atoms with Gasteiger partial charge in [-0.2, -0.15) is 0 Å². The highest BCUT2D eigenvalue weighted by molar-refractivity contribution is 9.10. The summed E-state index contributed by atoms with van der Waals surface area (Å²) in [5, 5.41) is 2.54. The number of ether oxygens (including phenoxy) is 1. The molecule has 1 aromatic carbocycles. The monoisotopic (exact) mass is 386 g/mol. The Labute approximate surface area is 141 Å². The van der Waals surface area contributed by atoms with E-state index in [-0.39, 0.29) is 12.2 Å².